The van der Waals surface area contributed by atoms with Gasteiger partial charge in [-0.3, -0.25) is 4.79 Å². The second-order valence-corrected chi connectivity index (χ2v) is 6.13. The summed E-state index contributed by atoms with van der Waals surface area (Å²) in [5.41, 5.74) is 0. The number of nitrogens with zero attached hydrogens (tertiary/aromatic N) is 3. The van der Waals surface area contributed by atoms with Crippen LogP contribution in [0.25, 0.3) is 0 Å². The maximum absolute atomic E-state index is 12.3. The molecule has 4 nitrogen and oxygen atoms in total. The first-order valence-electron chi connectivity index (χ1n) is 6.97. The van der Waals surface area contributed by atoms with Crippen molar-refractivity contribution >= 4 is 28.8 Å². The quantitative estimate of drug-likeness (QED) is 0.647. The van der Waals surface area contributed by atoms with Crippen molar-refractivity contribution in [1.82, 2.24) is 15.1 Å². The molecule has 0 fully saturated rings. The van der Waals surface area contributed by atoms with E-state index in [4.69, 9.17) is 11.6 Å². The van der Waals surface area contributed by atoms with Gasteiger partial charge in [0.05, 0.1) is 0 Å². The third kappa shape index (κ3) is 5.87. The smallest absolute Gasteiger partial charge is 0.284 e. The van der Waals surface area contributed by atoms with Crippen LogP contribution >= 0.6 is 22.9 Å². The summed E-state index contributed by atoms with van der Waals surface area (Å²) in [7, 11) is 0. The summed E-state index contributed by atoms with van der Waals surface area (Å²) in [5, 5.41) is 7.94. The zero-order valence-electron chi connectivity index (χ0n) is 11.7. The Morgan fingerprint density at radius 2 is 1.68 bits per heavy atom. The van der Waals surface area contributed by atoms with Gasteiger partial charge in [0.15, 0.2) is 0 Å². The van der Waals surface area contributed by atoms with Crippen LogP contribution < -0.4 is 0 Å². The fourth-order valence-electron chi connectivity index (χ4n) is 1.85. The molecule has 0 saturated carbocycles. The second kappa shape index (κ2) is 9.26. The van der Waals surface area contributed by atoms with Crippen LogP contribution in [0.15, 0.2) is 0 Å². The normalized spacial score (nSPS) is 10.7. The van der Waals surface area contributed by atoms with Gasteiger partial charge in [0.2, 0.25) is 9.47 Å². The zero-order chi connectivity index (χ0) is 14.1. The molecule has 1 rings (SSSR count). The molecule has 6 heteroatoms. The van der Waals surface area contributed by atoms with Gasteiger partial charge in [-0.25, -0.2) is 0 Å². The minimum Gasteiger partial charge on any atom is -0.337 e. The molecular formula is C13H22ClN3OS. The van der Waals surface area contributed by atoms with Crippen molar-refractivity contribution in [2.24, 2.45) is 0 Å². The highest BCUT2D eigenvalue weighted by atomic mass is 35.5. The van der Waals surface area contributed by atoms with E-state index in [0.29, 0.717) is 9.47 Å². The van der Waals surface area contributed by atoms with Crippen molar-refractivity contribution in [2.75, 3.05) is 13.1 Å². The summed E-state index contributed by atoms with van der Waals surface area (Å²) >= 11 is 6.89. The second-order valence-electron chi connectivity index (χ2n) is 4.57. The van der Waals surface area contributed by atoms with E-state index in [9.17, 15) is 4.79 Å². The Balaban J connectivity index is 2.57. The first-order chi connectivity index (χ1) is 9.19. The average molecular weight is 304 g/mol. The number of carbonyl (C=O) groups is 1. The van der Waals surface area contributed by atoms with Gasteiger partial charge in [0.1, 0.15) is 0 Å². The molecule has 1 amide bonds. The van der Waals surface area contributed by atoms with Gasteiger partial charge in [-0.1, -0.05) is 50.9 Å². The molecule has 0 unspecified atom stereocenters. The molecule has 19 heavy (non-hydrogen) atoms. The summed E-state index contributed by atoms with van der Waals surface area (Å²) in [6.45, 7) is 5.92. The van der Waals surface area contributed by atoms with Gasteiger partial charge < -0.3 is 4.90 Å². The average Bonchev–Trinajstić information content (AvgIpc) is 2.83. The van der Waals surface area contributed by atoms with Crippen LogP contribution in [0.3, 0.4) is 0 Å². The van der Waals surface area contributed by atoms with E-state index >= 15 is 0 Å². The molecule has 0 bridgehead atoms. The molecule has 0 saturated heterocycles. The maximum Gasteiger partial charge on any atom is 0.284 e. The third-order valence-electron chi connectivity index (χ3n) is 2.93. The standard InChI is InChI=1S/C13H22ClN3OS/c1-3-5-7-9-17(10-8-6-4-2)12(18)11-15-16-13(14)19-11/h3-10H2,1-2H3. The molecule has 1 aromatic heterocycles. The molecular weight excluding hydrogens is 282 g/mol. The lowest BCUT2D eigenvalue weighted by Crippen LogP contribution is -2.33. The Kier molecular flexibility index (Phi) is 7.98. The van der Waals surface area contributed by atoms with Crippen molar-refractivity contribution in [3.05, 3.63) is 9.47 Å². The molecule has 1 aromatic rings. The largest absolute Gasteiger partial charge is 0.337 e. The van der Waals surface area contributed by atoms with Gasteiger partial charge in [-0.05, 0) is 24.4 Å². The Morgan fingerprint density at radius 3 is 2.11 bits per heavy atom. The van der Waals surface area contributed by atoms with Crippen LogP contribution in [0.5, 0.6) is 0 Å². The SMILES string of the molecule is CCCCCN(CCCCC)C(=O)c1nnc(Cl)s1. The molecule has 108 valence electrons. The first-order valence-corrected chi connectivity index (χ1v) is 8.16. The molecule has 0 atom stereocenters. The first kappa shape index (κ1) is 16.4. The zero-order valence-corrected chi connectivity index (χ0v) is 13.3. The van der Waals surface area contributed by atoms with Gasteiger partial charge in [-0.2, -0.15) is 0 Å². The number of hydrogen-bond acceptors (Lipinski definition) is 4. The van der Waals surface area contributed by atoms with E-state index in [0.717, 1.165) is 63.0 Å². The predicted molar refractivity (Wildman–Crippen MR) is 79.9 cm³/mol. The lowest BCUT2D eigenvalue weighted by molar-refractivity contribution is 0.0748. The van der Waals surface area contributed by atoms with Crippen molar-refractivity contribution in [2.45, 2.75) is 52.4 Å². The number of aromatic nitrogens is 2. The number of unbranched alkanes of at least 4 members (excludes halogenated alkanes) is 4. The molecule has 1 heterocycles. The number of amides is 1. The number of halogens is 1. The molecule has 0 aliphatic heterocycles. The summed E-state index contributed by atoms with van der Waals surface area (Å²) in [6.07, 6.45) is 6.69. The number of carbonyl (C=O) groups excluding carboxylic acids is 1. The summed E-state index contributed by atoms with van der Waals surface area (Å²) in [4.78, 5) is 14.2. The van der Waals surface area contributed by atoms with Gasteiger partial charge in [0.25, 0.3) is 5.91 Å². The van der Waals surface area contributed by atoms with E-state index in [1.54, 1.807) is 0 Å². The highest BCUT2D eigenvalue weighted by Crippen LogP contribution is 2.17. The van der Waals surface area contributed by atoms with Crippen LogP contribution in [0.4, 0.5) is 0 Å². The Hall–Kier alpha value is -0.680. The number of hydrogen-bond donors (Lipinski definition) is 0. The summed E-state index contributed by atoms with van der Waals surface area (Å²) < 4.78 is 0.324. The van der Waals surface area contributed by atoms with Crippen LogP contribution in [0.2, 0.25) is 4.47 Å². The molecule has 0 aromatic carbocycles. The maximum atomic E-state index is 12.3. The van der Waals surface area contributed by atoms with E-state index in [-0.39, 0.29) is 5.91 Å². The van der Waals surface area contributed by atoms with Crippen molar-refractivity contribution < 1.29 is 4.79 Å². The van der Waals surface area contributed by atoms with Crippen molar-refractivity contribution in [1.29, 1.82) is 0 Å². The Morgan fingerprint density at radius 1 is 1.11 bits per heavy atom. The minimum atomic E-state index is -0.0309. The van der Waals surface area contributed by atoms with Gasteiger partial charge >= 0.3 is 0 Å². The Bertz CT molecular complexity index is 374. The van der Waals surface area contributed by atoms with E-state index < -0.39 is 0 Å². The van der Waals surface area contributed by atoms with Crippen LogP contribution in [-0.4, -0.2) is 34.1 Å². The fourth-order valence-corrected chi connectivity index (χ4v) is 2.64. The van der Waals surface area contributed by atoms with Crippen molar-refractivity contribution in [3.8, 4) is 0 Å². The van der Waals surface area contributed by atoms with E-state index in [1.165, 1.54) is 0 Å². The van der Waals surface area contributed by atoms with Gasteiger partial charge in [-0.15, -0.1) is 10.2 Å². The molecule has 0 N–H and O–H groups in total. The van der Waals surface area contributed by atoms with Crippen LogP contribution in [0.1, 0.15) is 62.2 Å². The van der Waals surface area contributed by atoms with Crippen molar-refractivity contribution in [3.63, 3.8) is 0 Å². The molecule has 0 radical (unpaired) electrons. The highest BCUT2D eigenvalue weighted by Gasteiger charge is 2.19. The fraction of sp³-hybridized carbons (Fsp3) is 0.769. The summed E-state index contributed by atoms with van der Waals surface area (Å²) in [6, 6.07) is 0. The summed E-state index contributed by atoms with van der Waals surface area (Å²) in [5.74, 6) is -0.0309. The monoisotopic (exact) mass is 303 g/mol. The van der Waals surface area contributed by atoms with E-state index in [2.05, 4.69) is 24.0 Å². The Labute approximate surface area is 124 Å². The topological polar surface area (TPSA) is 46.1 Å². The predicted octanol–water partition coefficient (Wildman–Crippen LogP) is 4.01. The minimum absolute atomic E-state index is 0.0309. The van der Waals surface area contributed by atoms with Crippen LogP contribution in [-0.2, 0) is 0 Å². The van der Waals surface area contributed by atoms with Gasteiger partial charge in [0, 0.05) is 13.1 Å². The third-order valence-corrected chi connectivity index (χ3v) is 3.94. The number of rotatable bonds is 9. The highest BCUT2D eigenvalue weighted by molar-refractivity contribution is 7.17. The lowest BCUT2D eigenvalue weighted by Gasteiger charge is -2.21. The molecule has 0 aliphatic rings. The van der Waals surface area contributed by atoms with Crippen LogP contribution in [0, 0.1) is 0 Å². The van der Waals surface area contributed by atoms with E-state index in [1.807, 2.05) is 4.90 Å². The molecule has 0 aliphatic carbocycles. The lowest BCUT2D eigenvalue weighted by atomic mass is 10.2. The molecule has 0 spiro atoms.